The summed E-state index contributed by atoms with van der Waals surface area (Å²) < 4.78 is 16.1. The van der Waals surface area contributed by atoms with E-state index in [-0.39, 0.29) is 30.2 Å². The molecule has 1 aromatic heterocycles. The largest absolute Gasteiger partial charge is 0.497 e. The van der Waals surface area contributed by atoms with E-state index in [9.17, 15) is 9.59 Å². The van der Waals surface area contributed by atoms with E-state index in [4.69, 9.17) is 19.0 Å². The molecule has 2 amide bonds. The first-order valence-electron chi connectivity index (χ1n) is 12.8. The molecule has 9 heteroatoms. The van der Waals surface area contributed by atoms with Gasteiger partial charge in [0.15, 0.2) is 5.76 Å². The molecular weight excluding hydrogens is 484 g/mol. The molecule has 0 radical (unpaired) electrons. The summed E-state index contributed by atoms with van der Waals surface area (Å²) in [6, 6.07) is 20.6. The van der Waals surface area contributed by atoms with E-state index in [1.165, 1.54) is 11.3 Å². The van der Waals surface area contributed by atoms with Crippen LogP contribution >= 0.6 is 0 Å². The van der Waals surface area contributed by atoms with Gasteiger partial charge in [-0.25, -0.2) is 5.01 Å². The number of carbonyl (C=O) groups excluding carboxylic acids is 2. The predicted molar refractivity (Wildman–Crippen MR) is 142 cm³/mol. The average Bonchev–Trinajstić information content (AvgIpc) is 3.67. The zero-order valence-corrected chi connectivity index (χ0v) is 21.5. The number of nitrogens with zero attached hydrogens (tertiary/aromatic N) is 4. The zero-order valence-electron chi connectivity index (χ0n) is 21.5. The highest BCUT2D eigenvalue weighted by molar-refractivity contribution is 6.03. The van der Waals surface area contributed by atoms with Gasteiger partial charge in [0.05, 0.1) is 38.3 Å². The standard InChI is InChI=1S/C29H32N4O5/c1-36-24-11-9-22(10-12-24)25-20-26(23-6-3-2-4-7-23)33(30-25)28(34)21-32(29(35)27-8-5-17-38-27)14-13-31-15-18-37-19-16-31/h2-12,17,26H,13-16,18-21H2,1H3/t26-/m1/s1. The molecule has 5 rings (SSSR count). The Labute approximate surface area is 222 Å². The molecule has 2 aliphatic rings. The number of rotatable bonds is 9. The molecule has 0 spiro atoms. The van der Waals surface area contributed by atoms with Crippen LogP contribution in [0.1, 0.15) is 34.1 Å². The van der Waals surface area contributed by atoms with Gasteiger partial charge in [-0.2, -0.15) is 5.10 Å². The molecule has 0 bridgehead atoms. The Hall–Kier alpha value is -3.95. The normalized spacial score (nSPS) is 17.8. The molecule has 3 aromatic rings. The van der Waals surface area contributed by atoms with Crippen LogP contribution in [0.5, 0.6) is 5.75 Å². The molecule has 198 valence electrons. The molecule has 0 aliphatic carbocycles. The lowest BCUT2D eigenvalue weighted by Gasteiger charge is -2.30. The molecule has 0 unspecified atom stereocenters. The zero-order chi connectivity index (χ0) is 26.3. The van der Waals surface area contributed by atoms with Crippen molar-refractivity contribution in [3.8, 4) is 5.75 Å². The van der Waals surface area contributed by atoms with Gasteiger partial charge in [0, 0.05) is 32.6 Å². The van der Waals surface area contributed by atoms with Crippen LogP contribution in [0.15, 0.2) is 82.5 Å². The molecule has 38 heavy (non-hydrogen) atoms. The lowest BCUT2D eigenvalue weighted by molar-refractivity contribution is -0.133. The van der Waals surface area contributed by atoms with Crippen molar-refractivity contribution in [2.75, 3.05) is 53.0 Å². The van der Waals surface area contributed by atoms with E-state index in [1.54, 1.807) is 24.1 Å². The molecule has 9 nitrogen and oxygen atoms in total. The Kier molecular flexibility index (Phi) is 8.15. The summed E-state index contributed by atoms with van der Waals surface area (Å²) in [6.07, 6.45) is 2.04. The lowest BCUT2D eigenvalue weighted by atomic mass is 9.98. The van der Waals surface area contributed by atoms with Gasteiger partial charge in [-0.3, -0.25) is 14.5 Å². The van der Waals surface area contributed by atoms with E-state index in [2.05, 4.69) is 4.90 Å². The number of carbonyl (C=O) groups is 2. The van der Waals surface area contributed by atoms with E-state index in [0.717, 1.165) is 35.7 Å². The number of ether oxygens (including phenoxy) is 2. The van der Waals surface area contributed by atoms with Crippen LogP contribution in [0, 0.1) is 0 Å². The molecule has 2 aromatic carbocycles. The van der Waals surface area contributed by atoms with Gasteiger partial charge < -0.3 is 18.8 Å². The highest BCUT2D eigenvalue weighted by Crippen LogP contribution is 2.33. The van der Waals surface area contributed by atoms with Gasteiger partial charge in [-0.15, -0.1) is 0 Å². The number of benzene rings is 2. The fourth-order valence-corrected chi connectivity index (χ4v) is 4.76. The Morgan fingerprint density at radius 3 is 2.47 bits per heavy atom. The number of morpholine rings is 1. The van der Waals surface area contributed by atoms with Crippen molar-refractivity contribution in [1.29, 1.82) is 0 Å². The summed E-state index contributed by atoms with van der Waals surface area (Å²) in [7, 11) is 1.63. The average molecular weight is 517 g/mol. The van der Waals surface area contributed by atoms with Crippen molar-refractivity contribution in [2.45, 2.75) is 12.5 Å². The second-order valence-electron chi connectivity index (χ2n) is 9.30. The molecule has 3 heterocycles. The number of amides is 2. The van der Waals surface area contributed by atoms with Crippen LogP contribution in [0.25, 0.3) is 0 Å². The summed E-state index contributed by atoms with van der Waals surface area (Å²) in [4.78, 5) is 30.9. The minimum Gasteiger partial charge on any atom is -0.497 e. The quantitative estimate of drug-likeness (QED) is 0.433. The minimum atomic E-state index is -0.313. The lowest BCUT2D eigenvalue weighted by Crippen LogP contribution is -2.46. The molecule has 2 aliphatic heterocycles. The molecule has 1 fully saturated rings. The Morgan fingerprint density at radius 1 is 1.03 bits per heavy atom. The highest BCUT2D eigenvalue weighted by atomic mass is 16.5. The first-order chi connectivity index (χ1) is 18.6. The van der Waals surface area contributed by atoms with E-state index >= 15 is 0 Å². The number of methoxy groups -OCH3 is 1. The SMILES string of the molecule is COc1ccc(C2=NN(C(=O)CN(CCN3CCOCC3)C(=O)c3ccco3)[C@@H](c3ccccc3)C2)cc1. The Morgan fingerprint density at radius 2 is 1.79 bits per heavy atom. The summed E-state index contributed by atoms with van der Waals surface area (Å²) in [6.45, 7) is 3.87. The first-order valence-corrected chi connectivity index (χ1v) is 12.8. The van der Waals surface area contributed by atoms with Crippen LogP contribution in [-0.2, 0) is 9.53 Å². The van der Waals surface area contributed by atoms with Crippen molar-refractivity contribution >= 4 is 17.5 Å². The first kappa shape index (κ1) is 25.7. The predicted octanol–water partition coefficient (Wildman–Crippen LogP) is 3.44. The number of hydrogen-bond acceptors (Lipinski definition) is 7. The maximum Gasteiger partial charge on any atom is 0.290 e. The van der Waals surface area contributed by atoms with Crippen molar-refractivity contribution in [1.82, 2.24) is 14.8 Å². The second-order valence-corrected chi connectivity index (χ2v) is 9.30. The Bertz CT molecular complexity index is 1240. The number of furan rings is 1. The Balaban J connectivity index is 1.38. The monoisotopic (exact) mass is 516 g/mol. The van der Waals surface area contributed by atoms with Gasteiger partial charge >= 0.3 is 0 Å². The summed E-state index contributed by atoms with van der Waals surface area (Å²) in [5.41, 5.74) is 2.73. The topological polar surface area (TPSA) is 87.8 Å². The fraction of sp³-hybridized carbons (Fsp3) is 0.345. The second kappa shape index (κ2) is 12.1. The summed E-state index contributed by atoms with van der Waals surface area (Å²) >= 11 is 0. The number of hydrazone groups is 1. The van der Waals surface area contributed by atoms with E-state index in [1.807, 2.05) is 54.6 Å². The molecule has 1 saturated heterocycles. The third-order valence-electron chi connectivity index (χ3n) is 6.91. The maximum atomic E-state index is 13.8. The van der Waals surface area contributed by atoms with Gasteiger partial charge in [0.25, 0.3) is 11.8 Å². The van der Waals surface area contributed by atoms with Gasteiger partial charge in [-0.1, -0.05) is 30.3 Å². The highest BCUT2D eigenvalue weighted by Gasteiger charge is 2.35. The third kappa shape index (κ3) is 5.95. The molecule has 0 saturated carbocycles. The molecular formula is C29H32N4O5. The van der Waals surface area contributed by atoms with Gasteiger partial charge in [0.1, 0.15) is 12.3 Å². The molecule has 1 atom stereocenters. The van der Waals surface area contributed by atoms with Crippen molar-refractivity contribution in [3.63, 3.8) is 0 Å². The fourth-order valence-electron chi connectivity index (χ4n) is 4.76. The van der Waals surface area contributed by atoms with Crippen LogP contribution in [-0.4, -0.2) is 85.4 Å². The summed E-state index contributed by atoms with van der Waals surface area (Å²) in [5, 5.41) is 6.30. The third-order valence-corrected chi connectivity index (χ3v) is 6.91. The van der Waals surface area contributed by atoms with Crippen molar-refractivity contribution in [3.05, 3.63) is 89.9 Å². The van der Waals surface area contributed by atoms with Crippen molar-refractivity contribution < 1.29 is 23.5 Å². The van der Waals surface area contributed by atoms with Crippen LogP contribution in [0.4, 0.5) is 0 Å². The van der Waals surface area contributed by atoms with Gasteiger partial charge in [-0.05, 0) is 47.5 Å². The number of hydrogen-bond donors (Lipinski definition) is 0. The maximum absolute atomic E-state index is 13.8. The van der Waals surface area contributed by atoms with Crippen LogP contribution in [0.3, 0.4) is 0 Å². The molecule has 0 N–H and O–H groups in total. The minimum absolute atomic E-state index is 0.105. The van der Waals surface area contributed by atoms with Gasteiger partial charge in [0.2, 0.25) is 0 Å². The van der Waals surface area contributed by atoms with Crippen molar-refractivity contribution in [2.24, 2.45) is 5.10 Å². The van der Waals surface area contributed by atoms with E-state index in [0.29, 0.717) is 32.7 Å². The van der Waals surface area contributed by atoms with E-state index < -0.39 is 0 Å². The van der Waals surface area contributed by atoms with Crippen LogP contribution in [0.2, 0.25) is 0 Å². The summed E-state index contributed by atoms with van der Waals surface area (Å²) in [5.74, 6) is 0.408. The van der Waals surface area contributed by atoms with Crippen LogP contribution < -0.4 is 4.74 Å². The smallest absolute Gasteiger partial charge is 0.290 e.